The van der Waals surface area contributed by atoms with Crippen molar-refractivity contribution in [2.24, 2.45) is 5.92 Å². The molecule has 4 heteroatoms. The predicted octanol–water partition coefficient (Wildman–Crippen LogP) is 2.28. The van der Waals surface area contributed by atoms with Crippen molar-refractivity contribution in [3.63, 3.8) is 0 Å². The van der Waals surface area contributed by atoms with Crippen LogP contribution in [0.25, 0.3) is 0 Å². The molecule has 0 aromatic heterocycles. The molecule has 1 amide bonds. The summed E-state index contributed by atoms with van der Waals surface area (Å²) >= 11 is 5.12. The number of carbonyl (C=O) groups is 1. The Hall–Kier alpha value is 0.300. The van der Waals surface area contributed by atoms with E-state index in [2.05, 4.69) is 34.4 Å². The predicted molar refractivity (Wildman–Crippen MR) is 63.6 cm³/mol. The van der Waals surface area contributed by atoms with Gasteiger partial charge in [0, 0.05) is 6.54 Å². The van der Waals surface area contributed by atoms with E-state index in [0.29, 0.717) is 5.92 Å². The van der Waals surface area contributed by atoms with Gasteiger partial charge in [-0.1, -0.05) is 22.9 Å². The summed E-state index contributed by atoms with van der Waals surface area (Å²) in [6.07, 6.45) is 2.08. The molecular weight excluding hydrogens is 250 g/mol. The Kier molecular flexibility index (Phi) is 6.05. The Morgan fingerprint density at radius 2 is 2.15 bits per heavy atom. The van der Waals surface area contributed by atoms with Crippen molar-refractivity contribution in [3.8, 4) is 0 Å². The second-order valence-electron chi connectivity index (χ2n) is 3.74. The normalized spacial score (nSPS) is 13.9. The number of nitrogens with one attached hydrogen (secondary N) is 1. The van der Waals surface area contributed by atoms with Gasteiger partial charge in [-0.05, 0) is 31.8 Å². The van der Waals surface area contributed by atoms with Crippen molar-refractivity contribution in [2.75, 3.05) is 18.6 Å². The molecule has 0 radical (unpaired) electrons. The molecule has 13 heavy (non-hydrogen) atoms. The van der Waals surface area contributed by atoms with Gasteiger partial charge in [0.25, 0.3) is 0 Å². The van der Waals surface area contributed by atoms with Gasteiger partial charge < -0.3 is 5.32 Å². The minimum absolute atomic E-state index is 0.0560. The summed E-state index contributed by atoms with van der Waals surface area (Å²) in [6, 6.07) is 0. The summed E-state index contributed by atoms with van der Waals surface area (Å²) in [6.45, 7) is 6.59. The summed E-state index contributed by atoms with van der Waals surface area (Å²) in [7, 11) is 0. The van der Waals surface area contributed by atoms with Crippen LogP contribution in [0.1, 0.15) is 20.8 Å². The molecule has 0 spiro atoms. The van der Waals surface area contributed by atoms with Crippen molar-refractivity contribution in [1.82, 2.24) is 5.32 Å². The molecule has 0 aliphatic carbocycles. The first-order valence-electron chi connectivity index (χ1n) is 4.34. The molecule has 0 rings (SSSR count). The molecule has 1 atom stereocenters. The SMILES string of the molecule is CSCC(C)CNC(=O)C(C)(C)Br. The van der Waals surface area contributed by atoms with Crippen LogP contribution in [0.15, 0.2) is 0 Å². The molecule has 0 saturated heterocycles. The van der Waals surface area contributed by atoms with Crippen molar-refractivity contribution >= 4 is 33.6 Å². The fraction of sp³-hybridized carbons (Fsp3) is 0.889. The topological polar surface area (TPSA) is 29.1 Å². The van der Waals surface area contributed by atoms with Crippen LogP contribution in [-0.4, -0.2) is 28.8 Å². The van der Waals surface area contributed by atoms with Crippen molar-refractivity contribution in [3.05, 3.63) is 0 Å². The minimum atomic E-state index is -0.452. The maximum Gasteiger partial charge on any atom is 0.236 e. The first-order chi connectivity index (χ1) is 5.88. The van der Waals surface area contributed by atoms with Gasteiger partial charge in [-0.15, -0.1) is 0 Å². The van der Waals surface area contributed by atoms with Gasteiger partial charge in [-0.2, -0.15) is 11.8 Å². The largest absolute Gasteiger partial charge is 0.355 e. The monoisotopic (exact) mass is 267 g/mol. The van der Waals surface area contributed by atoms with Crippen molar-refractivity contribution in [2.45, 2.75) is 25.1 Å². The van der Waals surface area contributed by atoms with Gasteiger partial charge in [0.1, 0.15) is 0 Å². The van der Waals surface area contributed by atoms with E-state index in [-0.39, 0.29) is 5.91 Å². The second-order valence-corrected chi connectivity index (χ2v) is 6.64. The fourth-order valence-electron chi connectivity index (χ4n) is 0.821. The highest BCUT2D eigenvalue weighted by atomic mass is 79.9. The maximum atomic E-state index is 11.4. The number of rotatable bonds is 5. The lowest BCUT2D eigenvalue weighted by molar-refractivity contribution is -0.122. The van der Waals surface area contributed by atoms with Crippen LogP contribution < -0.4 is 5.32 Å². The molecular formula is C9H18BrNOS. The first kappa shape index (κ1) is 13.3. The van der Waals surface area contributed by atoms with Crippen LogP contribution in [0.4, 0.5) is 0 Å². The van der Waals surface area contributed by atoms with Crippen LogP contribution in [0.2, 0.25) is 0 Å². The summed E-state index contributed by atoms with van der Waals surface area (Å²) in [4.78, 5) is 11.4. The van der Waals surface area contributed by atoms with E-state index in [1.165, 1.54) is 0 Å². The first-order valence-corrected chi connectivity index (χ1v) is 6.52. The zero-order valence-corrected chi connectivity index (χ0v) is 11.1. The molecule has 0 heterocycles. The van der Waals surface area contributed by atoms with Gasteiger partial charge in [0.15, 0.2) is 0 Å². The van der Waals surface area contributed by atoms with Gasteiger partial charge in [0.2, 0.25) is 5.91 Å². The van der Waals surface area contributed by atoms with E-state index in [0.717, 1.165) is 12.3 Å². The van der Waals surface area contributed by atoms with Crippen LogP contribution >= 0.6 is 27.7 Å². The molecule has 0 aromatic rings. The van der Waals surface area contributed by atoms with E-state index in [9.17, 15) is 4.79 Å². The molecule has 78 valence electrons. The lowest BCUT2D eigenvalue weighted by Gasteiger charge is -2.18. The molecule has 1 N–H and O–H groups in total. The molecule has 1 unspecified atom stereocenters. The molecule has 0 aromatic carbocycles. The molecule has 0 saturated carbocycles. The number of carbonyl (C=O) groups excluding carboxylic acids is 1. The Morgan fingerprint density at radius 3 is 2.54 bits per heavy atom. The molecule has 0 fully saturated rings. The third-order valence-electron chi connectivity index (χ3n) is 1.60. The highest BCUT2D eigenvalue weighted by Gasteiger charge is 2.23. The second kappa shape index (κ2) is 5.91. The molecule has 0 aliphatic heterocycles. The zero-order valence-electron chi connectivity index (χ0n) is 8.69. The van der Waals surface area contributed by atoms with Gasteiger partial charge in [0.05, 0.1) is 4.32 Å². The average molecular weight is 268 g/mol. The summed E-state index contributed by atoms with van der Waals surface area (Å²) < 4.78 is -0.452. The number of hydrogen-bond acceptors (Lipinski definition) is 2. The number of amides is 1. The Morgan fingerprint density at radius 1 is 1.62 bits per heavy atom. The highest BCUT2D eigenvalue weighted by molar-refractivity contribution is 9.10. The third-order valence-corrected chi connectivity index (χ3v) is 2.86. The van der Waals surface area contributed by atoms with Crippen molar-refractivity contribution in [1.29, 1.82) is 0 Å². The zero-order chi connectivity index (χ0) is 10.5. The highest BCUT2D eigenvalue weighted by Crippen LogP contribution is 2.15. The lowest BCUT2D eigenvalue weighted by Crippen LogP contribution is -2.39. The Labute approximate surface area is 93.4 Å². The van der Waals surface area contributed by atoms with E-state index in [4.69, 9.17) is 0 Å². The van der Waals surface area contributed by atoms with Gasteiger partial charge >= 0.3 is 0 Å². The van der Waals surface area contributed by atoms with Crippen molar-refractivity contribution < 1.29 is 4.79 Å². The van der Waals surface area contributed by atoms with Gasteiger partial charge in [-0.3, -0.25) is 4.79 Å². The maximum absolute atomic E-state index is 11.4. The fourth-order valence-corrected chi connectivity index (χ4v) is 1.65. The number of alkyl halides is 1. The van der Waals surface area contributed by atoms with E-state index >= 15 is 0 Å². The summed E-state index contributed by atoms with van der Waals surface area (Å²) in [5.74, 6) is 1.68. The average Bonchev–Trinajstić information content (AvgIpc) is 1.99. The van der Waals surface area contributed by atoms with Crippen LogP contribution in [0, 0.1) is 5.92 Å². The lowest BCUT2D eigenvalue weighted by atomic mass is 10.2. The minimum Gasteiger partial charge on any atom is -0.355 e. The number of thioether (sulfide) groups is 1. The van der Waals surface area contributed by atoms with E-state index < -0.39 is 4.32 Å². The molecule has 0 bridgehead atoms. The van der Waals surface area contributed by atoms with Crippen LogP contribution in [0.5, 0.6) is 0 Å². The van der Waals surface area contributed by atoms with Crippen LogP contribution in [0.3, 0.4) is 0 Å². The molecule has 0 aliphatic rings. The van der Waals surface area contributed by atoms with Crippen LogP contribution in [-0.2, 0) is 4.79 Å². The quantitative estimate of drug-likeness (QED) is 0.775. The number of hydrogen-bond donors (Lipinski definition) is 1. The Balaban J connectivity index is 3.71. The third kappa shape index (κ3) is 6.38. The summed E-state index contributed by atoms with van der Waals surface area (Å²) in [5.41, 5.74) is 0. The smallest absolute Gasteiger partial charge is 0.236 e. The standard InChI is InChI=1S/C9H18BrNOS/c1-7(6-13-4)5-11-8(12)9(2,3)10/h7H,5-6H2,1-4H3,(H,11,12). The van der Waals surface area contributed by atoms with E-state index in [1.807, 2.05) is 13.8 Å². The number of halogens is 1. The van der Waals surface area contributed by atoms with E-state index in [1.54, 1.807) is 11.8 Å². The molecule has 2 nitrogen and oxygen atoms in total. The van der Waals surface area contributed by atoms with Gasteiger partial charge in [-0.25, -0.2) is 0 Å². The Bertz CT molecular complexity index is 167. The summed E-state index contributed by atoms with van der Waals surface area (Å²) in [5, 5.41) is 2.91.